The van der Waals surface area contributed by atoms with Crippen LogP contribution in [0.4, 0.5) is 10.5 Å². The number of methoxy groups -OCH3 is 1. The molecule has 7 nitrogen and oxygen atoms in total. The summed E-state index contributed by atoms with van der Waals surface area (Å²) in [5, 5.41) is 0. The molecular formula is C26H27N3O4. The Kier molecular flexibility index (Phi) is 5.80. The average molecular weight is 446 g/mol. The Labute approximate surface area is 193 Å². The van der Waals surface area contributed by atoms with Crippen LogP contribution >= 0.6 is 0 Å². The second kappa shape index (κ2) is 8.58. The number of urea groups is 1. The molecule has 1 aliphatic heterocycles. The predicted molar refractivity (Wildman–Crippen MR) is 126 cm³/mol. The number of benzene rings is 2. The fourth-order valence-electron chi connectivity index (χ4n) is 4.31. The van der Waals surface area contributed by atoms with Gasteiger partial charge in [-0.1, -0.05) is 17.7 Å². The molecule has 2 heterocycles. The van der Waals surface area contributed by atoms with E-state index in [-0.39, 0.29) is 18.2 Å². The number of ether oxygens (including phenoxy) is 1. The Hall–Kier alpha value is -3.87. The van der Waals surface area contributed by atoms with E-state index in [9.17, 15) is 14.4 Å². The molecule has 1 atom stereocenters. The Morgan fingerprint density at radius 3 is 2.15 bits per heavy atom. The van der Waals surface area contributed by atoms with Crippen molar-refractivity contribution in [3.05, 3.63) is 77.1 Å². The van der Waals surface area contributed by atoms with Crippen molar-refractivity contribution in [3.63, 3.8) is 0 Å². The van der Waals surface area contributed by atoms with Gasteiger partial charge in [0.2, 0.25) is 0 Å². The van der Waals surface area contributed by atoms with Crippen LogP contribution in [0.25, 0.3) is 5.69 Å². The number of hydrogen-bond donors (Lipinski definition) is 0. The molecule has 1 saturated heterocycles. The Morgan fingerprint density at radius 1 is 0.939 bits per heavy atom. The highest BCUT2D eigenvalue weighted by Gasteiger charge is 2.44. The summed E-state index contributed by atoms with van der Waals surface area (Å²) in [5.41, 5.74) is 4.73. The van der Waals surface area contributed by atoms with Crippen LogP contribution in [0, 0.1) is 20.8 Å². The molecule has 0 N–H and O–H groups in total. The number of amides is 3. The fraction of sp³-hybridized carbons (Fsp3) is 0.269. The Balaban J connectivity index is 1.58. The third-order valence-corrected chi connectivity index (χ3v) is 6.12. The molecule has 0 aliphatic carbocycles. The molecule has 7 heteroatoms. The topological polar surface area (TPSA) is 71.8 Å². The van der Waals surface area contributed by atoms with Gasteiger partial charge in [-0.2, -0.15) is 0 Å². The van der Waals surface area contributed by atoms with Crippen LogP contribution in [0.15, 0.2) is 54.6 Å². The van der Waals surface area contributed by atoms with Gasteiger partial charge in [-0.25, -0.2) is 4.79 Å². The van der Waals surface area contributed by atoms with Crippen LogP contribution in [-0.2, 0) is 4.79 Å². The van der Waals surface area contributed by atoms with Gasteiger partial charge >= 0.3 is 6.03 Å². The Bertz CT molecular complexity index is 1230. The molecule has 1 fully saturated rings. The van der Waals surface area contributed by atoms with Crippen molar-refractivity contribution in [3.8, 4) is 11.4 Å². The summed E-state index contributed by atoms with van der Waals surface area (Å²) < 4.78 is 7.20. The lowest BCUT2D eigenvalue weighted by atomic mass is 10.1. The first-order chi connectivity index (χ1) is 15.7. The van der Waals surface area contributed by atoms with E-state index in [0.717, 1.165) is 33.3 Å². The molecule has 2 aromatic carbocycles. The largest absolute Gasteiger partial charge is 0.497 e. The van der Waals surface area contributed by atoms with E-state index in [2.05, 4.69) is 0 Å². The van der Waals surface area contributed by atoms with Crippen molar-refractivity contribution in [1.29, 1.82) is 0 Å². The molecular weight excluding hydrogens is 418 g/mol. The maximum Gasteiger partial charge on any atom is 0.332 e. The zero-order valence-corrected chi connectivity index (χ0v) is 19.5. The number of hydrogen-bond acceptors (Lipinski definition) is 4. The maximum atomic E-state index is 13.2. The van der Waals surface area contributed by atoms with Crippen LogP contribution < -0.4 is 9.64 Å². The van der Waals surface area contributed by atoms with Crippen molar-refractivity contribution >= 4 is 23.4 Å². The van der Waals surface area contributed by atoms with Crippen LogP contribution in [0.5, 0.6) is 5.75 Å². The average Bonchev–Trinajstić information content (AvgIpc) is 3.22. The number of carbonyl (C=O) groups excluding carboxylic acids is 3. The van der Waals surface area contributed by atoms with E-state index < -0.39 is 12.1 Å². The van der Waals surface area contributed by atoms with Crippen molar-refractivity contribution in [2.75, 3.05) is 18.6 Å². The number of nitrogens with zero attached hydrogens (tertiary/aromatic N) is 3. The number of carbonyl (C=O) groups is 3. The predicted octanol–water partition coefficient (Wildman–Crippen LogP) is 4.45. The highest BCUT2D eigenvalue weighted by molar-refractivity contribution is 6.16. The lowest BCUT2D eigenvalue weighted by Crippen LogP contribution is -2.37. The van der Waals surface area contributed by atoms with E-state index in [1.807, 2.05) is 73.9 Å². The van der Waals surface area contributed by atoms with Crippen LogP contribution in [0.2, 0.25) is 0 Å². The van der Waals surface area contributed by atoms with E-state index >= 15 is 0 Å². The van der Waals surface area contributed by atoms with Gasteiger partial charge in [0, 0.05) is 28.3 Å². The van der Waals surface area contributed by atoms with Crippen LogP contribution in [-0.4, -0.2) is 46.9 Å². The SMILES string of the molecule is COc1ccc(-n2c(C)cc(C(=O)CN3C(=O)[C@H](C)N(c4ccc(C)cc4)C3=O)c2C)cc1. The monoisotopic (exact) mass is 445 g/mol. The van der Waals surface area contributed by atoms with Gasteiger partial charge in [-0.15, -0.1) is 0 Å². The van der Waals surface area contributed by atoms with Gasteiger partial charge in [0.05, 0.1) is 13.7 Å². The number of imide groups is 1. The molecule has 0 unspecified atom stereocenters. The number of ketones is 1. The van der Waals surface area contributed by atoms with Crippen molar-refractivity contribution in [2.24, 2.45) is 0 Å². The second-order valence-electron chi connectivity index (χ2n) is 8.33. The fourth-order valence-corrected chi connectivity index (χ4v) is 4.31. The summed E-state index contributed by atoms with van der Waals surface area (Å²) >= 11 is 0. The van der Waals surface area contributed by atoms with E-state index in [0.29, 0.717) is 11.3 Å². The molecule has 0 saturated carbocycles. The summed E-state index contributed by atoms with van der Waals surface area (Å²) in [6, 6.07) is 15.6. The number of Topliss-reactive ketones (excluding diaryl/α,β-unsaturated/α-hetero) is 1. The van der Waals surface area contributed by atoms with Crippen LogP contribution in [0.3, 0.4) is 0 Å². The number of anilines is 1. The molecule has 3 aromatic rings. The van der Waals surface area contributed by atoms with Crippen LogP contribution in [0.1, 0.15) is 34.2 Å². The maximum absolute atomic E-state index is 13.2. The van der Waals surface area contributed by atoms with E-state index in [1.165, 1.54) is 4.90 Å². The molecule has 1 aliphatic rings. The highest BCUT2D eigenvalue weighted by Crippen LogP contribution is 2.28. The first-order valence-corrected chi connectivity index (χ1v) is 10.8. The molecule has 3 amide bonds. The minimum atomic E-state index is -0.667. The zero-order valence-electron chi connectivity index (χ0n) is 19.5. The first-order valence-electron chi connectivity index (χ1n) is 10.8. The molecule has 170 valence electrons. The molecule has 0 spiro atoms. The van der Waals surface area contributed by atoms with Gasteiger partial charge in [-0.05, 0) is 70.2 Å². The minimum Gasteiger partial charge on any atom is -0.497 e. The standard InChI is InChI=1S/C26H27N3O4/c1-16-6-8-21(9-7-16)29-19(4)25(31)27(26(29)32)15-24(30)23-14-17(2)28(18(23)3)20-10-12-22(33-5)13-11-20/h6-14,19H,15H2,1-5H3/t19-/m0/s1. The minimum absolute atomic E-state index is 0.275. The normalized spacial score (nSPS) is 16.0. The molecule has 33 heavy (non-hydrogen) atoms. The van der Waals surface area contributed by atoms with Gasteiger partial charge in [0.15, 0.2) is 5.78 Å². The summed E-state index contributed by atoms with van der Waals surface area (Å²) in [5.74, 6) is 0.0937. The van der Waals surface area contributed by atoms with E-state index in [4.69, 9.17) is 4.74 Å². The van der Waals surface area contributed by atoms with Crippen molar-refractivity contribution in [1.82, 2.24) is 9.47 Å². The third-order valence-electron chi connectivity index (χ3n) is 6.12. The van der Waals surface area contributed by atoms with Crippen molar-refractivity contribution in [2.45, 2.75) is 33.7 Å². The summed E-state index contributed by atoms with van der Waals surface area (Å²) in [7, 11) is 1.61. The summed E-state index contributed by atoms with van der Waals surface area (Å²) in [6.07, 6.45) is 0. The van der Waals surface area contributed by atoms with Gasteiger partial charge in [-0.3, -0.25) is 19.4 Å². The molecule has 1 aromatic heterocycles. The smallest absolute Gasteiger partial charge is 0.332 e. The number of aromatic nitrogens is 1. The van der Waals surface area contributed by atoms with Crippen molar-refractivity contribution < 1.29 is 19.1 Å². The highest BCUT2D eigenvalue weighted by atomic mass is 16.5. The second-order valence-corrected chi connectivity index (χ2v) is 8.33. The third kappa shape index (κ3) is 3.91. The Morgan fingerprint density at radius 2 is 1.55 bits per heavy atom. The first kappa shape index (κ1) is 22.3. The van der Waals surface area contributed by atoms with E-state index in [1.54, 1.807) is 20.1 Å². The lowest BCUT2D eigenvalue weighted by molar-refractivity contribution is -0.126. The number of aryl methyl sites for hydroxylation is 2. The summed E-state index contributed by atoms with van der Waals surface area (Å²) in [6.45, 7) is 7.12. The van der Waals surface area contributed by atoms with Gasteiger partial charge in [0.1, 0.15) is 11.8 Å². The molecule has 0 bridgehead atoms. The summed E-state index contributed by atoms with van der Waals surface area (Å²) in [4.78, 5) is 41.6. The number of rotatable bonds is 6. The van der Waals surface area contributed by atoms with Gasteiger partial charge < -0.3 is 9.30 Å². The lowest BCUT2D eigenvalue weighted by Gasteiger charge is -2.19. The molecule has 0 radical (unpaired) electrons. The molecule has 4 rings (SSSR count). The van der Waals surface area contributed by atoms with Gasteiger partial charge in [0.25, 0.3) is 5.91 Å². The quantitative estimate of drug-likeness (QED) is 0.415. The zero-order chi connectivity index (χ0) is 23.9.